The van der Waals surface area contributed by atoms with Crippen molar-refractivity contribution in [1.29, 1.82) is 0 Å². The van der Waals surface area contributed by atoms with E-state index in [-0.39, 0.29) is 0 Å². The van der Waals surface area contributed by atoms with Crippen LogP contribution in [0.25, 0.3) is 22.7 Å². The van der Waals surface area contributed by atoms with Crippen LogP contribution in [-0.4, -0.2) is 15.0 Å². The van der Waals surface area contributed by atoms with Gasteiger partial charge in [-0.15, -0.1) is 0 Å². The predicted octanol–water partition coefficient (Wildman–Crippen LogP) is 1.72. The fraction of sp³-hybridized carbons (Fsp3) is 0. The second kappa shape index (κ2) is 2.26. The summed E-state index contributed by atoms with van der Waals surface area (Å²) in [6.45, 7) is 0. The fourth-order valence-electron chi connectivity index (χ4n) is 1.27. The maximum Gasteiger partial charge on any atom is 0.247 e. The summed E-state index contributed by atoms with van der Waals surface area (Å²) in [5.74, 6) is 0.556. The summed E-state index contributed by atoms with van der Waals surface area (Å²) >= 11 is 0. The van der Waals surface area contributed by atoms with Gasteiger partial charge in [0.2, 0.25) is 5.89 Å². The lowest BCUT2D eigenvalue weighted by atomic mass is 10.3. The van der Waals surface area contributed by atoms with Crippen molar-refractivity contribution in [3.63, 3.8) is 0 Å². The van der Waals surface area contributed by atoms with Gasteiger partial charge in [0.1, 0.15) is 17.5 Å². The Balaban J connectivity index is 2.52. The van der Waals surface area contributed by atoms with Gasteiger partial charge in [-0.3, -0.25) is 4.98 Å². The van der Waals surface area contributed by atoms with Crippen molar-refractivity contribution in [3.05, 3.63) is 30.7 Å². The summed E-state index contributed by atoms with van der Waals surface area (Å²) in [6.07, 6.45) is 3.20. The van der Waals surface area contributed by atoms with Crippen molar-refractivity contribution in [3.8, 4) is 11.6 Å². The highest BCUT2D eigenvalue weighted by Crippen LogP contribution is 2.22. The van der Waals surface area contributed by atoms with E-state index in [1.807, 2.05) is 18.2 Å². The van der Waals surface area contributed by atoms with E-state index >= 15 is 0 Å². The molecular weight excluding hydrogens is 166 g/mol. The first-order valence-electron chi connectivity index (χ1n) is 3.89. The number of imidazole rings is 1. The molecule has 2 aliphatic heterocycles. The van der Waals surface area contributed by atoms with Crippen LogP contribution >= 0.6 is 0 Å². The second-order valence-corrected chi connectivity index (χ2v) is 2.70. The van der Waals surface area contributed by atoms with Crippen LogP contribution in [0.15, 0.2) is 35.1 Å². The van der Waals surface area contributed by atoms with Gasteiger partial charge < -0.3 is 4.42 Å². The quantitative estimate of drug-likeness (QED) is 0.516. The summed E-state index contributed by atoms with van der Waals surface area (Å²) in [6, 6.07) is 5.55. The molecule has 0 bridgehead atoms. The molecule has 4 heteroatoms. The van der Waals surface area contributed by atoms with Gasteiger partial charge in [0.15, 0.2) is 5.58 Å². The third-order valence-corrected chi connectivity index (χ3v) is 1.87. The molecule has 0 fully saturated rings. The van der Waals surface area contributed by atoms with E-state index in [4.69, 9.17) is 4.42 Å². The zero-order chi connectivity index (χ0) is 8.67. The normalized spacial score (nSPS) is 11.1. The van der Waals surface area contributed by atoms with Crippen LogP contribution < -0.4 is 0 Å². The molecule has 0 radical (unpaired) electrons. The molecule has 0 saturated heterocycles. The van der Waals surface area contributed by atoms with Crippen LogP contribution in [0, 0.1) is 0 Å². The zero-order valence-corrected chi connectivity index (χ0v) is 6.64. The van der Waals surface area contributed by atoms with Crippen LogP contribution in [0.4, 0.5) is 0 Å². The topological polar surface area (TPSA) is 51.8 Å². The zero-order valence-electron chi connectivity index (χ0n) is 6.64. The molecular formula is C9H5N3O. The van der Waals surface area contributed by atoms with Gasteiger partial charge in [0.05, 0.1) is 0 Å². The highest BCUT2D eigenvalue weighted by molar-refractivity contribution is 5.76. The molecule has 1 aromatic rings. The van der Waals surface area contributed by atoms with Crippen LogP contribution in [0.5, 0.6) is 0 Å². The minimum atomic E-state index is 0.556. The largest absolute Gasteiger partial charge is 0.435 e. The van der Waals surface area contributed by atoms with E-state index in [1.54, 1.807) is 6.20 Å². The summed E-state index contributed by atoms with van der Waals surface area (Å²) in [5, 5.41) is 0. The molecule has 13 heavy (non-hydrogen) atoms. The Kier molecular flexibility index (Phi) is 1.14. The summed E-state index contributed by atoms with van der Waals surface area (Å²) in [5.41, 5.74) is 2.28. The lowest BCUT2D eigenvalue weighted by molar-refractivity contribution is 0.601. The van der Waals surface area contributed by atoms with E-state index in [0.717, 1.165) is 16.8 Å². The third-order valence-electron chi connectivity index (χ3n) is 1.87. The Labute approximate surface area is 73.6 Å². The molecule has 62 valence electrons. The van der Waals surface area contributed by atoms with Crippen molar-refractivity contribution < 1.29 is 4.42 Å². The molecule has 0 atom stereocenters. The highest BCUT2D eigenvalue weighted by Gasteiger charge is 2.09. The SMILES string of the molecule is c1cnc2cc3ncnc-3oc2c1. The molecule has 4 nitrogen and oxygen atoms in total. The lowest BCUT2D eigenvalue weighted by Gasteiger charge is -1.97. The molecule has 0 saturated carbocycles. The number of nitrogens with zero attached hydrogens (tertiary/aromatic N) is 3. The first-order valence-corrected chi connectivity index (χ1v) is 3.89. The van der Waals surface area contributed by atoms with Crippen molar-refractivity contribution in [2.75, 3.05) is 0 Å². The van der Waals surface area contributed by atoms with Crippen molar-refractivity contribution in [2.24, 2.45) is 0 Å². The van der Waals surface area contributed by atoms with Gasteiger partial charge in [-0.25, -0.2) is 4.98 Å². The van der Waals surface area contributed by atoms with Gasteiger partial charge in [-0.05, 0) is 18.2 Å². The molecule has 0 amide bonds. The molecule has 3 heterocycles. The van der Waals surface area contributed by atoms with Crippen LogP contribution in [0.3, 0.4) is 0 Å². The van der Waals surface area contributed by atoms with E-state index in [1.165, 1.54) is 6.33 Å². The Morgan fingerprint density at radius 1 is 1.15 bits per heavy atom. The predicted molar refractivity (Wildman–Crippen MR) is 46.2 cm³/mol. The van der Waals surface area contributed by atoms with Crippen molar-refractivity contribution in [2.45, 2.75) is 0 Å². The molecule has 0 spiro atoms. The van der Waals surface area contributed by atoms with Gasteiger partial charge in [0.25, 0.3) is 0 Å². The first-order chi connectivity index (χ1) is 6.43. The fourth-order valence-corrected chi connectivity index (χ4v) is 1.27. The van der Waals surface area contributed by atoms with Crippen LogP contribution in [0.1, 0.15) is 0 Å². The molecule has 2 aliphatic rings. The molecule has 0 N–H and O–H groups in total. The Bertz CT molecular complexity index is 485. The summed E-state index contributed by atoms with van der Waals surface area (Å²) in [7, 11) is 0. The summed E-state index contributed by atoms with van der Waals surface area (Å²) in [4.78, 5) is 12.1. The van der Waals surface area contributed by atoms with E-state index < -0.39 is 0 Å². The molecule has 0 unspecified atom stereocenters. The average molecular weight is 171 g/mol. The average Bonchev–Trinajstić information content (AvgIpc) is 2.61. The molecule has 0 aromatic carbocycles. The van der Waals surface area contributed by atoms with Gasteiger partial charge >= 0.3 is 0 Å². The van der Waals surface area contributed by atoms with Gasteiger partial charge in [0, 0.05) is 6.20 Å². The highest BCUT2D eigenvalue weighted by atomic mass is 16.3. The molecule has 1 aromatic heterocycles. The molecule has 3 rings (SSSR count). The Hall–Kier alpha value is -1.97. The van der Waals surface area contributed by atoms with E-state index in [2.05, 4.69) is 15.0 Å². The first kappa shape index (κ1) is 6.54. The number of pyridine rings is 1. The van der Waals surface area contributed by atoms with Crippen molar-refractivity contribution in [1.82, 2.24) is 15.0 Å². The van der Waals surface area contributed by atoms with Gasteiger partial charge in [-0.2, -0.15) is 4.98 Å². The standard InChI is InChI=1S/C9H5N3O/c1-2-8-6(10-3-1)4-7-9(13-8)12-5-11-7/h1-5H. The lowest BCUT2D eigenvalue weighted by Crippen LogP contribution is -1.82. The maximum absolute atomic E-state index is 5.45. The summed E-state index contributed by atoms with van der Waals surface area (Å²) < 4.78 is 5.45. The van der Waals surface area contributed by atoms with Crippen LogP contribution in [0.2, 0.25) is 0 Å². The smallest absolute Gasteiger partial charge is 0.247 e. The second-order valence-electron chi connectivity index (χ2n) is 2.70. The number of aromatic nitrogens is 3. The Morgan fingerprint density at radius 3 is 3.15 bits per heavy atom. The third kappa shape index (κ3) is 0.885. The van der Waals surface area contributed by atoms with E-state index in [9.17, 15) is 0 Å². The van der Waals surface area contributed by atoms with Crippen LogP contribution in [-0.2, 0) is 0 Å². The van der Waals surface area contributed by atoms with Crippen molar-refractivity contribution >= 4 is 11.1 Å². The Morgan fingerprint density at radius 2 is 2.15 bits per heavy atom. The molecule has 0 aliphatic carbocycles. The van der Waals surface area contributed by atoms with E-state index in [0.29, 0.717) is 5.89 Å². The number of hydrogen-bond donors (Lipinski definition) is 0. The number of fused-ring (bicyclic) bond motifs is 2. The maximum atomic E-state index is 5.45. The minimum absolute atomic E-state index is 0.556. The monoisotopic (exact) mass is 171 g/mol. The number of rotatable bonds is 0. The number of hydrogen-bond acceptors (Lipinski definition) is 4. The van der Waals surface area contributed by atoms with Gasteiger partial charge in [-0.1, -0.05) is 0 Å². The minimum Gasteiger partial charge on any atom is -0.435 e.